The third-order valence-corrected chi connectivity index (χ3v) is 2.52. The molecule has 88 valence electrons. The van der Waals surface area contributed by atoms with Gasteiger partial charge in [-0.3, -0.25) is 0 Å². The lowest BCUT2D eigenvalue weighted by Gasteiger charge is -2.06. The zero-order chi connectivity index (χ0) is 12.4. The van der Waals surface area contributed by atoms with E-state index in [0.717, 1.165) is 0 Å². The molecule has 1 aromatic carbocycles. The Labute approximate surface area is 102 Å². The molecule has 2 rings (SSSR count). The summed E-state index contributed by atoms with van der Waals surface area (Å²) in [6.45, 7) is 0. The van der Waals surface area contributed by atoms with E-state index < -0.39 is 5.97 Å². The van der Waals surface area contributed by atoms with Crippen molar-refractivity contribution in [2.75, 3.05) is 14.2 Å². The third kappa shape index (κ3) is 2.01. The first-order valence-corrected chi connectivity index (χ1v) is 5.13. The van der Waals surface area contributed by atoms with Crippen LogP contribution in [0, 0.1) is 0 Å². The minimum atomic E-state index is -0.639. The van der Waals surface area contributed by atoms with E-state index in [1.54, 1.807) is 18.2 Å². The molecular weight excluding hydrogens is 244 g/mol. The highest BCUT2D eigenvalue weighted by atomic mass is 35.5. The van der Waals surface area contributed by atoms with Gasteiger partial charge in [0.05, 0.1) is 14.2 Å². The zero-order valence-corrected chi connectivity index (χ0v) is 9.99. The van der Waals surface area contributed by atoms with Gasteiger partial charge in [-0.05, 0) is 12.1 Å². The number of fused-ring (bicyclic) bond motifs is 1. The molecule has 0 amide bonds. The Kier molecular flexibility index (Phi) is 3.10. The molecule has 0 unspecified atom stereocenters. The lowest BCUT2D eigenvalue weighted by Crippen LogP contribution is -2.08. The molecule has 0 saturated heterocycles. The summed E-state index contributed by atoms with van der Waals surface area (Å²) in [5, 5.41) is 0.813. The molecule has 0 spiro atoms. The van der Waals surface area contributed by atoms with Gasteiger partial charge in [0.1, 0.15) is 16.4 Å². The number of halogens is 1. The number of carbonyl (C=O) groups is 1. The lowest BCUT2D eigenvalue weighted by molar-refractivity contribution is 0.0587. The molecule has 0 aliphatic carbocycles. The second-order valence-corrected chi connectivity index (χ2v) is 3.54. The van der Waals surface area contributed by atoms with Crippen LogP contribution in [-0.2, 0) is 4.74 Å². The molecule has 0 atom stereocenters. The first-order chi connectivity index (χ1) is 8.17. The molecule has 1 aromatic heterocycles. The number of hydrogen-bond donors (Lipinski definition) is 0. The molecule has 0 fully saturated rings. The van der Waals surface area contributed by atoms with Crippen molar-refractivity contribution in [3.63, 3.8) is 0 Å². The lowest BCUT2D eigenvalue weighted by atomic mass is 10.2. The molecule has 0 radical (unpaired) electrons. The predicted molar refractivity (Wildman–Crippen MR) is 62.4 cm³/mol. The second-order valence-electron chi connectivity index (χ2n) is 3.19. The van der Waals surface area contributed by atoms with E-state index in [4.69, 9.17) is 16.3 Å². The van der Waals surface area contributed by atoms with Crippen molar-refractivity contribution in [2.45, 2.75) is 0 Å². The molecule has 2 aromatic rings. The number of ether oxygens (including phenoxy) is 2. The Bertz CT molecular complexity index is 586. The van der Waals surface area contributed by atoms with Gasteiger partial charge in [-0.2, -0.15) is 0 Å². The Morgan fingerprint density at radius 1 is 1.29 bits per heavy atom. The van der Waals surface area contributed by atoms with Crippen LogP contribution < -0.4 is 4.74 Å². The van der Waals surface area contributed by atoms with Gasteiger partial charge in [-0.25, -0.2) is 14.8 Å². The van der Waals surface area contributed by atoms with Crippen LogP contribution in [0.5, 0.6) is 5.75 Å². The van der Waals surface area contributed by atoms with Gasteiger partial charge in [0.25, 0.3) is 0 Å². The Morgan fingerprint density at radius 2 is 2.06 bits per heavy atom. The normalized spacial score (nSPS) is 10.3. The largest absolute Gasteiger partial charge is 0.494 e. The van der Waals surface area contributed by atoms with Crippen LogP contribution in [0.25, 0.3) is 10.9 Å². The maximum atomic E-state index is 11.4. The van der Waals surface area contributed by atoms with E-state index in [0.29, 0.717) is 16.7 Å². The molecule has 0 saturated carbocycles. The van der Waals surface area contributed by atoms with Crippen LogP contribution in [0.15, 0.2) is 18.2 Å². The van der Waals surface area contributed by atoms with Crippen LogP contribution in [0.2, 0.25) is 5.15 Å². The number of carbonyl (C=O) groups excluding carboxylic acids is 1. The van der Waals surface area contributed by atoms with E-state index in [1.165, 1.54) is 14.2 Å². The summed E-state index contributed by atoms with van der Waals surface area (Å²) in [6.07, 6.45) is 0. The van der Waals surface area contributed by atoms with Crippen LogP contribution >= 0.6 is 11.6 Å². The summed E-state index contributed by atoms with van der Waals surface area (Å²) in [5.74, 6) is -0.203. The van der Waals surface area contributed by atoms with Crippen molar-refractivity contribution in [1.29, 1.82) is 0 Å². The number of benzene rings is 1. The maximum absolute atomic E-state index is 11.4. The maximum Gasteiger partial charge on any atom is 0.376 e. The van der Waals surface area contributed by atoms with Gasteiger partial charge in [-0.15, -0.1) is 0 Å². The van der Waals surface area contributed by atoms with Crippen LogP contribution in [-0.4, -0.2) is 30.2 Å². The standard InChI is InChI=1S/C11H9ClN2O3/c1-16-7-5-3-4-6-8(7)13-10(11(15)17-2)14-9(6)12/h3-5H,1-2H3. The average Bonchev–Trinajstić information content (AvgIpc) is 2.37. The van der Waals surface area contributed by atoms with E-state index in [9.17, 15) is 4.79 Å². The topological polar surface area (TPSA) is 61.3 Å². The number of aromatic nitrogens is 2. The molecule has 0 aliphatic heterocycles. The summed E-state index contributed by atoms with van der Waals surface area (Å²) in [7, 11) is 2.77. The molecule has 17 heavy (non-hydrogen) atoms. The number of rotatable bonds is 2. The molecular formula is C11H9ClN2O3. The van der Waals surface area contributed by atoms with Gasteiger partial charge in [-0.1, -0.05) is 17.7 Å². The third-order valence-electron chi connectivity index (χ3n) is 2.23. The van der Waals surface area contributed by atoms with Crippen molar-refractivity contribution in [3.8, 4) is 5.75 Å². The smallest absolute Gasteiger partial charge is 0.376 e. The van der Waals surface area contributed by atoms with Crippen molar-refractivity contribution >= 4 is 28.5 Å². The fourth-order valence-electron chi connectivity index (χ4n) is 1.44. The molecule has 0 bridgehead atoms. The number of para-hydroxylation sites is 1. The fourth-order valence-corrected chi connectivity index (χ4v) is 1.67. The summed E-state index contributed by atoms with van der Waals surface area (Å²) >= 11 is 5.98. The van der Waals surface area contributed by atoms with Crippen LogP contribution in [0.3, 0.4) is 0 Å². The Morgan fingerprint density at radius 3 is 2.71 bits per heavy atom. The van der Waals surface area contributed by atoms with E-state index in [1.807, 2.05) is 0 Å². The monoisotopic (exact) mass is 252 g/mol. The van der Waals surface area contributed by atoms with Crippen molar-refractivity contribution in [2.24, 2.45) is 0 Å². The summed E-state index contributed by atoms with van der Waals surface area (Å²) in [5.41, 5.74) is 0.482. The van der Waals surface area contributed by atoms with E-state index >= 15 is 0 Å². The number of esters is 1. The second kappa shape index (κ2) is 4.55. The summed E-state index contributed by atoms with van der Waals surface area (Å²) in [6, 6.07) is 5.25. The minimum Gasteiger partial charge on any atom is -0.494 e. The van der Waals surface area contributed by atoms with Crippen molar-refractivity contribution in [1.82, 2.24) is 9.97 Å². The SMILES string of the molecule is COC(=O)c1nc(Cl)c2cccc(OC)c2n1. The Balaban J connectivity index is 2.74. The first kappa shape index (κ1) is 11.6. The van der Waals surface area contributed by atoms with E-state index in [2.05, 4.69) is 14.7 Å². The van der Waals surface area contributed by atoms with Gasteiger partial charge in [0.15, 0.2) is 0 Å². The number of hydrogen-bond acceptors (Lipinski definition) is 5. The van der Waals surface area contributed by atoms with Crippen molar-refractivity contribution < 1.29 is 14.3 Å². The van der Waals surface area contributed by atoms with Crippen molar-refractivity contribution in [3.05, 3.63) is 29.2 Å². The highest BCUT2D eigenvalue weighted by molar-refractivity contribution is 6.34. The highest BCUT2D eigenvalue weighted by Gasteiger charge is 2.15. The summed E-state index contributed by atoms with van der Waals surface area (Å²) < 4.78 is 9.70. The van der Waals surface area contributed by atoms with Crippen LogP contribution in [0.4, 0.5) is 0 Å². The van der Waals surface area contributed by atoms with Gasteiger partial charge in [0, 0.05) is 5.39 Å². The van der Waals surface area contributed by atoms with Gasteiger partial charge in [0.2, 0.25) is 5.82 Å². The highest BCUT2D eigenvalue weighted by Crippen LogP contribution is 2.27. The molecule has 0 N–H and O–H groups in total. The molecule has 0 aliphatic rings. The predicted octanol–water partition coefficient (Wildman–Crippen LogP) is 2.08. The average molecular weight is 253 g/mol. The van der Waals surface area contributed by atoms with E-state index in [-0.39, 0.29) is 11.0 Å². The minimum absolute atomic E-state index is 0.0884. The van der Waals surface area contributed by atoms with Gasteiger partial charge >= 0.3 is 5.97 Å². The molecule has 1 heterocycles. The summed E-state index contributed by atoms with van der Waals surface area (Å²) in [4.78, 5) is 19.3. The number of methoxy groups -OCH3 is 2. The fraction of sp³-hybridized carbons (Fsp3) is 0.182. The van der Waals surface area contributed by atoms with Crippen LogP contribution in [0.1, 0.15) is 10.6 Å². The number of nitrogens with zero attached hydrogens (tertiary/aromatic N) is 2. The zero-order valence-electron chi connectivity index (χ0n) is 9.23. The quantitative estimate of drug-likeness (QED) is 0.605. The van der Waals surface area contributed by atoms with Gasteiger partial charge < -0.3 is 9.47 Å². The Hall–Kier alpha value is -1.88. The molecule has 5 nitrogen and oxygen atoms in total. The first-order valence-electron chi connectivity index (χ1n) is 4.76. The molecule has 6 heteroatoms.